The number of carbonyl (C=O) groups excluding carboxylic acids is 2. The van der Waals surface area contributed by atoms with E-state index in [1.807, 2.05) is 6.07 Å². The molecule has 1 atom stereocenters. The molecule has 0 saturated carbocycles. The summed E-state index contributed by atoms with van der Waals surface area (Å²) in [5, 5.41) is 13.4. The fourth-order valence-electron chi connectivity index (χ4n) is 2.95. The number of aromatic nitrogens is 2. The summed E-state index contributed by atoms with van der Waals surface area (Å²) in [7, 11) is 0. The zero-order valence-electron chi connectivity index (χ0n) is 13.5. The first-order valence-electron chi connectivity index (χ1n) is 7.94. The summed E-state index contributed by atoms with van der Waals surface area (Å²) in [4.78, 5) is 37.0. The van der Waals surface area contributed by atoms with E-state index in [1.165, 1.54) is 15.6 Å². The van der Waals surface area contributed by atoms with Gasteiger partial charge in [0.2, 0.25) is 0 Å². The van der Waals surface area contributed by atoms with Crippen LogP contribution in [0.1, 0.15) is 33.8 Å². The van der Waals surface area contributed by atoms with Gasteiger partial charge in [0, 0.05) is 19.2 Å². The first kappa shape index (κ1) is 16.7. The number of rotatable bonds is 4. The van der Waals surface area contributed by atoms with Crippen LogP contribution in [-0.2, 0) is 4.79 Å². The molecule has 0 radical (unpaired) electrons. The van der Waals surface area contributed by atoms with E-state index in [0.29, 0.717) is 25.1 Å². The Bertz CT molecular complexity index is 815. The van der Waals surface area contributed by atoms with Crippen LogP contribution in [0.5, 0.6) is 0 Å². The van der Waals surface area contributed by atoms with Crippen LogP contribution >= 0.6 is 0 Å². The van der Waals surface area contributed by atoms with Crippen LogP contribution in [0, 0.1) is 5.92 Å². The molecule has 8 heteroatoms. The lowest BCUT2D eigenvalue weighted by molar-refractivity contribution is -0.143. The zero-order valence-corrected chi connectivity index (χ0v) is 13.5. The molecule has 8 nitrogen and oxygen atoms in total. The number of aliphatic carboxylic acids is 1. The second-order valence-electron chi connectivity index (χ2n) is 5.95. The third-order valence-electron chi connectivity index (χ3n) is 4.24. The summed E-state index contributed by atoms with van der Waals surface area (Å²) in [5.74, 6) is -2.59. The van der Waals surface area contributed by atoms with Crippen molar-refractivity contribution in [2.45, 2.75) is 12.8 Å². The number of likely N-dealkylation sites (tertiary alicyclic amines) is 1. The summed E-state index contributed by atoms with van der Waals surface area (Å²) in [5.41, 5.74) is 6.18. The van der Waals surface area contributed by atoms with Crippen molar-refractivity contribution in [1.82, 2.24) is 14.7 Å². The zero-order chi connectivity index (χ0) is 18.0. The highest BCUT2D eigenvalue weighted by Crippen LogP contribution is 2.20. The van der Waals surface area contributed by atoms with Gasteiger partial charge in [-0.2, -0.15) is 5.10 Å². The van der Waals surface area contributed by atoms with E-state index in [-0.39, 0.29) is 17.9 Å². The maximum Gasteiger partial charge on any atom is 0.308 e. The van der Waals surface area contributed by atoms with Gasteiger partial charge in [-0.3, -0.25) is 14.4 Å². The second-order valence-corrected chi connectivity index (χ2v) is 5.95. The van der Waals surface area contributed by atoms with Crippen molar-refractivity contribution in [2.75, 3.05) is 13.1 Å². The largest absolute Gasteiger partial charge is 0.481 e. The van der Waals surface area contributed by atoms with Gasteiger partial charge in [0.1, 0.15) is 5.69 Å². The highest BCUT2D eigenvalue weighted by molar-refractivity contribution is 5.97. The number of amides is 2. The smallest absolute Gasteiger partial charge is 0.308 e. The normalized spacial score (nSPS) is 17.3. The molecule has 0 unspecified atom stereocenters. The van der Waals surface area contributed by atoms with Crippen LogP contribution in [0.2, 0.25) is 0 Å². The highest BCUT2D eigenvalue weighted by atomic mass is 16.4. The quantitative estimate of drug-likeness (QED) is 0.856. The van der Waals surface area contributed by atoms with Crippen molar-refractivity contribution in [3.05, 3.63) is 47.8 Å². The van der Waals surface area contributed by atoms with Crippen molar-refractivity contribution in [3.63, 3.8) is 0 Å². The molecule has 3 N–H and O–H groups in total. The highest BCUT2D eigenvalue weighted by Gasteiger charge is 2.30. The standard InChI is InChI=1S/C17H18N4O4/c18-15(22)14-9-13(19-21(14)12-6-2-1-3-7-12)16(23)20-8-4-5-11(10-20)17(24)25/h1-3,6-7,9,11H,4-5,8,10H2,(H2,18,22)(H,24,25)/t11-/m0/s1. The van der Waals surface area contributed by atoms with Crippen molar-refractivity contribution in [2.24, 2.45) is 11.7 Å². The van der Waals surface area contributed by atoms with E-state index >= 15 is 0 Å². The molecular formula is C17H18N4O4. The predicted octanol–water partition coefficient (Wildman–Crippen LogP) is 0.908. The fourth-order valence-corrected chi connectivity index (χ4v) is 2.95. The average molecular weight is 342 g/mol. The Morgan fingerprint density at radius 2 is 1.92 bits per heavy atom. The summed E-state index contributed by atoms with van der Waals surface area (Å²) >= 11 is 0. The minimum Gasteiger partial charge on any atom is -0.481 e. The second kappa shape index (κ2) is 6.76. The third kappa shape index (κ3) is 3.37. The Hall–Kier alpha value is -3.16. The van der Waals surface area contributed by atoms with Crippen LogP contribution < -0.4 is 5.73 Å². The van der Waals surface area contributed by atoms with Gasteiger partial charge in [-0.15, -0.1) is 0 Å². The first-order valence-corrected chi connectivity index (χ1v) is 7.94. The Labute approximate surface area is 143 Å². The molecule has 1 aliphatic heterocycles. The summed E-state index contributed by atoms with van der Waals surface area (Å²) < 4.78 is 1.33. The van der Waals surface area contributed by atoms with Crippen LogP contribution in [0.3, 0.4) is 0 Å². The van der Waals surface area contributed by atoms with Crippen molar-refractivity contribution in [3.8, 4) is 5.69 Å². The average Bonchev–Trinajstić information content (AvgIpc) is 3.07. The lowest BCUT2D eigenvalue weighted by atomic mass is 9.98. The van der Waals surface area contributed by atoms with Gasteiger partial charge in [-0.1, -0.05) is 18.2 Å². The van der Waals surface area contributed by atoms with Crippen molar-refractivity contribution >= 4 is 17.8 Å². The number of benzene rings is 1. The van der Waals surface area contributed by atoms with Crippen molar-refractivity contribution < 1.29 is 19.5 Å². The minimum atomic E-state index is -0.912. The molecular weight excluding hydrogens is 324 g/mol. The molecule has 2 aromatic rings. The monoisotopic (exact) mass is 342 g/mol. The van der Waals surface area contributed by atoms with E-state index in [2.05, 4.69) is 5.10 Å². The molecule has 2 heterocycles. The molecule has 0 spiro atoms. The maximum atomic E-state index is 12.7. The van der Waals surface area contributed by atoms with Gasteiger partial charge in [-0.05, 0) is 25.0 Å². The van der Waals surface area contributed by atoms with Crippen LogP contribution in [0.4, 0.5) is 0 Å². The molecule has 2 amide bonds. The molecule has 1 fully saturated rings. The van der Waals surface area contributed by atoms with Gasteiger partial charge >= 0.3 is 5.97 Å². The molecule has 3 rings (SSSR count). The lowest BCUT2D eigenvalue weighted by Gasteiger charge is -2.30. The number of nitrogens with two attached hydrogens (primary N) is 1. The molecule has 1 aromatic carbocycles. The van der Waals surface area contributed by atoms with E-state index < -0.39 is 23.7 Å². The molecule has 0 bridgehead atoms. The van der Waals surface area contributed by atoms with Crippen LogP contribution in [0.25, 0.3) is 5.69 Å². The fraction of sp³-hybridized carbons (Fsp3) is 0.294. The van der Waals surface area contributed by atoms with Gasteiger partial charge in [0.05, 0.1) is 11.6 Å². The van der Waals surface area contributed by atoms with Gasteiger partial charge in [0.25, 0.3) is 11.8 Å². The number of piperidine rings is 1. The SMILES string of the molecule is NC(=O)c1cc(C(=O)N2CCC[C@H](C(=O)O)C2)nn1-c1ccccc1. The van der Waals surface area contributed by atoms with Gasteiger partial charge in [-0.25, -0.2) is 4.68 Å². The summed E-state index contributed by atoms with van der Waals surface area (Å²) in [6, 6.07) is 10.2. The number of carboxylic acids is 1. The third-order valence-corrected chi connectivity index (χ3v) is 4.24. The van der Waals surface area contributed by atoms with E-state index in [1.54, 1.807) is 24.3 Å². The molecule has 1 aliphatic rings. The molecule has 130 valence electrons. The molecule has 0 aliphatic carbocycles. The molecule has 1 aromatic heterocycles. The number of primary amides is 1. The lowest BCUT2D eigenvalue weighted by Crippen LogP contribution is -2.42. The number of carboxylic acid groups (broad SMARTS) is 1. The summed E-state index contributed by atoms with van der Waals surface area (Å²) in [6.07, 6.45) is 1.16. The Morgan fingerprint density at radius 1 is 1.20 bits per heavy atom. The number of nitrogens with zero attached hydrogens (tertiary/aromatic N) is 3. The van der Waals surface area contributed by atoms with Crippen LogP contribution in [0.15, 0.2) is 36.4 Å². The van der Waals surface area contributed by atoms with Crippen LogP contribution in [-0.4, -0.2) is 50.7 Å². The van der Waals surface area contributed by atoms with Gasteiger partial charge < -0.3 is 15.7 Å². The van der Waals surface area contributed by atoms with E-state index in [0.717, 1.165) is 0 Å². The number of hydrogen-bond donors (Lipinski definition) is 2. The molecule has 1 saturated heterocycles. The Morgan fingerprint density at radius 3 is 2.56 bits per heavy atom. The van der Waals surface area contributed by atoms with Gasteiger partial charge in [0.15, 0.2) is 5.69 Å². The minimum absolute atomic E-state index is 0.0729. The predicted molar refractivity (Wildman–Crippen MR) is 88.3 cm³/mol. The first-order chi connectivity index (χ1) is 12.0. The van der Waals surface area contributed by atoms with E-state index in [4.69, 9.17) is 10.8 Å². The number of para-hydroxylation sites is 1. The Kier molecular flexibility index (Phi) is 4.51. The molecule has 25 heavy (non-hydrogen) atoms. The summed E-state index contributed by atoms with van der Waals surface area (Å²) in [6.45, 7) is 0.602. The van der Waals surface area contributed by atoms with Crippen molar-refractivity contribution in [1.29, 1.82) is 0 Å². The Balaban J connectivity index is 1.91. The number of hydrogen-bond acceptors (Lipinski definition) is 4. The topological polar surface area (TPSA) is 119 Å². The number of carbonyl (C=O) groups is 3. The van der Waals surface area contributed by atoms with E-state index in [9.17, 15) is 14.4 Å². The maximum absolute atomic E-state index is 12.7.